The van der Waals surface area contributed by atoms with Crippen LogP contribution >= 0.6 is 0 Å². The summed E-state index contributed by atoms with van der Waals surface area (Å²) in [6.07, 6.45) is -2.13. The molecule has 96 valence electrons. The van der Waals surface area contributed by atoms with Crippen molar-refractivity contribution in [2.75, 3.05) is 18.5 Å². The molecule has 1 heterocycles. The van der Waals surface area contributed by atoms with Crippen molar-refractivity contribution in [3.8, 4) is 0 Å². The van der Waals surface area contributed by atoms with Gasteiger partial charge in [-0.25, -0.2) is 4.98 Å². The molecule has 0 aliphatic carbocycles. The predicted molar refractivity (Wildman–Crippen MR) is 56.5 cm³/mol. The van der Waals surface area contributed by atoms with Gasteiger partial charge in [0.15, 0.2) is 0 Å². The van der Waals surface area contributed by atoms with E-state index >= 15 is 0 Å². The molecule has 0 unspecified atom stereocenters. The molecule has 1 N–H and O–H groups in total. The average molecular weight is 249 g/mol. The molecule has 1 rings (SSSR count). The van der Waals surface area contributed by atoms with E-state index in [2.05, 4.69) is 15.3 Å². The van der Waals surface area contributed by atoms with E-state index in [-0.39, 0.29) is 13.2 Å². The number of aromatic nitrogens is 2. The van der Waals surface area contributed by atoms with Crippen molar-refractivity contribution < 1.29 is 17.9 Å². The summed E-state index contributed by atoms with van der Waals surface area (Å²) in [5.41, 5.74) is 0.508. The van der Waals surface area contributed by atoms with Crippen LogP contribution in [-0.2, 0) is 11.3 Å². The van der Waals surface area contributed by atoms with Gasteiger partial charge in [-0.05, 0) is 6.92 Å². The normalized spacial score (nSPS) is 11.5. The summed E-state index contributed by atoms with van der Waals surface area (Å²) in [7, 11) is 0. The highest BCUT2D eigenvalue weighted by Gasteiger charge is 2.26. The monoisotopic (exact) mass is 249 g/mol. The number of rotatable bonds is 6. The van der Waals surface area contributed by atoms with Gasteiger partial charge in [-0.1, -0.05) is 0 Å². The molecule has 1 aromatic rings. The molecule has 0 saturated carbocycles. The number of ether oxygens (including phenoxy) is 1. The molecule has 4 nitrogen and oxygen atoms in total. The van der Waals surface area contributed by atoms with E-state index in [4.69, 9.17) is 4.74 Å². The van der Waals surface area contributed by atoms with Crippen LogP contribution in [0, 0.1) is 0 Å². The van der Waals surface area contributed by atoms with E-state index in [1.54, 1.807) is 0 Å². The van der Waals surface area contributed by atoms with Crippen molar-refractivity contribution >= 4 is 5.82 Å². The molecule has 0 radical (unpaired) electrons. The Kier molecular flexibility index (Phi) is 5.14. The minimum atomic E-state index is -4.18. The standard InChI is InChI=1S/C10H14F3N3O/c1-2-14-9-6-15-8(5-16-9)7-17-4-3-10(11,12)13/h5-6H,2-4,7H2,1H3,(H,14,16). The van der Waals surface area contributed by atoms with Crippen LogP contribution in [0.5, 0.6) is 0 Å². The van der Waals surface area contributed by atoms with Crippen LogP contribution in [0.15, 0.2) is 12.4 Å². The molecule has 0 saturated heterocycles. The fourth-order valence-corrected chi connectivity index (χ4v) is 1.07. The quantitative estimate of drug-likeness (QED) is 0.786. The molecule has 1 aromatic heterocycles. The third-order valence-electron chi connectivity index (χ3n) is 1.84. The summed E-state index contributed by atoms with van der Waals surface area (Å²) in [6.45, 7) is 2.33. The number of hydrogen-bond acceptors (Lipinski definition) is 4. The van der Waals surface area contributed by atoms with Gasteiger partial charge in [0.05, 0.1) is 37.7 Å². The Balaban J connectivity index is 2.27. The van der Waals surface area contributed by atoms with Crippen LogP contribution in [0.3, 0.4) is 0 Å². The summed E-state index contributed by atoms with van der Waals surface area (Å²) < 4.78 is 40.3. The van der Waals surface area contributed by atoms with Crippen molar-refractivity contribution in [2.45, 2.75) is 26.1 Å². The van der Waals surface area contributed by atoms with E-state index in [1.807, 2.05) is 6.92 Å². The lowest BCUT2D eigenvalue weighted by Crippen LogP contribution is -2.11. The largest absolute Gasteiger partial charge is 0.391 e. The van der Waals surface area contributed by atoms with Crippen LogP contribution in [0.4, 0.5) is 19.0 Å². The minimum Gasteiger partial charge on any atom is -0.375 e. The second kappa shape index (κ2) is 6.39. The highest BCUT2D eigenvalue weighted by molar-refractivity contribution is 5.30. The third kappa shape index (κ3) is 6.06. The van der Waals surface area contributed by atoms with Crippen LogP contribution in [0.1, 0.15) is 19.0 Å². The zero-order valence-corrected chi connectivity index (χ0v) is 9.42. The summed E-state index contributed by atoms with van der Waals surface area (Å²) in [5, 5.41) is 2.96. The molecule has 0 aliphatic rings. The lowest BCUT2D eigenvalue weighted by molar-refractivity contribution is -0.146. The van der Waals surface area contributed by atoms with E-state index in [0.29, 0.717) is 11.5 Å². The Bertz CT molecular complexity index is 327. The lowest BCUT2D eigenvalue weighted by atomic mass is 10.4. The van der Waals surface area contributed by atoms with Crippen molar-refractivity contribution in [3.63, 3.8) is 0 Å². The molecule has 7 heteroatoms. The molecule has 17 heavy (non-hydrogen) atoms. The zero-order valence-electron chi connectivity index (χ0n) is 9.42. The highest BCUT2D eigenvalue weighted by Crippen LogP contribution is 2.19. The predicted octanol–water partition coefficient (Wildman–Crippen LogP) is 2.38. The van der Waals surface area contributed by atoms with Crippen LogP contribution in [0.2, 0.25) is 0 Å². The highest BCUT2D eigenvalue weighted by atomic mass is 19.4. The van der Waals surface area contributed by atoms with Crippen molar-refractivity contribution in [2.24, 2.45) is 0 Å². The maximum absolute atomic E-state index is 11.8. The minimum absolute atomic E-state index is 0.0372. The molecule has 0 fully saturated rings. The molecule has 0 atom stereocenters. The van der Waals surface area contributed by atoms with Gasteiger partial charge >= 0.3 is 6.18 Å². The summed E-state index contributed by atoms with van der Waals surface area (Å²) in [4.78, 5) is 8.02. The Morgan fingerprint density at radius 3 is 2.59 bits per heavy atom. The Hall–Kier alpha value is -1.37. The summed E-state index contributed by atoms with van der Waals surface area (Å²) in [6, 6.07) is 0. The van der Waals surface area contributed by atoms with Gasteiger partial charge in [-0.2, -0.15) is 13.2 Å². The van der Waals surface area contributed by atoms with Gasteiger partial charge in [-0.15, -0.1) is 0 Å². The smallest absolute Gasteiger partial charge is 0.375 e. The van der Waals surface area contributed by atoms with Crippen LogP contribution < -0.4 is 5.32 Å². The maximum Gasteiger partial charge on any atom is 0.391 e. The number of anilines is 1. The number of nitrogens with one attached hydrogen (secondary N) is 1. The summed E-state index contributed by atoms with van der Waals surface area (Å²) in [5.74, 6) is 0.631. The lowest BCUT2D eigenvalue weighted by Gasteiger charge is -2.07. The van der Waals surface area contributed by atoms with Crippen molar-refractivity contribution in [1.29, 1.82) is 0 Å². The van der Waals surface area contributed by atoms with Gasteiger partial charge in [0.25, 0.3) is 0 Å². The Morgan fingerprint density at radius 2 is 2.06 bits per heavy atom. The topological polar surface area (TPSA) is 47.0 Å². The first-order valence-electron chi connectivity index (χ1n) is 5.20. The second-order valence-electron chi connectivity index (χ2n) is 3.34. The number of hydrogen-bond donors (Lipinski definition) is 1. The van der Waals surface area contributed by atoms with Gasteiger partial charge in [0.1, 0.15) is 5.82 Å². The zero-order chi connectivity index (χ0) is 12.7. The Labute approximate surface area is 97.2 Å². The van der Waals surface area contributed by atoms with Crippen molar-refractivity contribution in [1.82, 2.24) is 9.97 Å². The SMILES string of the molecule is CCNc1cnc(COCCC(F)(F)F)cn1. The molecule has 0 amide bonds. The van der Waals surface area contributed by atoms with E-state index < -0.39 is 12.6 Å². The average Bonchev–Trinajstić information content (AvgIpc) is 2.26. The summed E-state index contributed by atoms with van der Waals surface area (Å²) >= 11 is 0. The van der Waals surface area contributed by atoms with Crippen molar-refractivity contribution in [3.05, 3.63) is 18.1 Å². The molecule has 0 aliphatic heterocycles. The maximum atomic E-state index is 11.8. The van der Waals surface area contributed by atoms with Gasteiger partial charge in [0.2, 0.25) is 0 Å². The number of halogens is 3. The van der Waals surface area contributed by atoms with Gasteiger partial charge in [-0.3, -0.25) is 4.98 Å². The van der Waals surface area contributed by atoms with Crippen LogP contribution in [0.25, 0.3) is 0 Å². The Morgan fingerprint density at radius 1 is 1.29 bits per heavy atom. The second-order valence-corrected chi connectivity index (χ2v) is 3.34. The molecular formula is C10H14F3N3O. The van der Waals surface area contributed by atoms with Gasteiger partial charge in [0, 0.05) is 6.54 Å². The first-order valence-corrected chi connectivity index (χ1v) is 5.20. The number of alkyl halides is 3. The third-order valence-corrected chi connectivity index (χ3v) is 1.84. The fraction of sp³-hybridized carbons (Fsp3) is 0.600. The molecule has 0 aromatic carbocycles. The van der Waals surface area contributed by atoms with E-state index in [1.165, 1.54) is 12.4 Å². The van der Waals surface area contributed by atoms with Gasteiger partial charge < -0.3 is 10.1 Å². The molecule has 0 bridgehead atoms. The van der Waals surface area contributed by atoms with E-state index in [9.17, 15) is 13.2 Å². The fourth-order valence-electron chi connectivity index (χ4n) is 1.07. The molecule has 0 spiro atoms. The van der Waals surface area contributed by atoms with Crippen LogP contribution in [-0.4, -0.2) is 29.3 Å². The molecular weight excluding hydrogens is 235 g/mol. The first kappa shape index (κ1) is 13.7. The first-order chi connectivity index (χ1) is 8.01. The van der Waals surface area contributed by atoms with E-state index in [0.717, 1.165) is 6.54 Å². The number of nitrogens with zero attached hydrogens (tertiary/aromatic N) is 2.